The number of hydrogen-bond acceptors (Lipinski definition) is 3. The van der Waals surface area contributed by atoms with Gasteiger partial charge in [0.05, 0.1) is 10.7 Å². The second-order valence-corrected chi connectivity index (χ2v) is 4.44. The molecule has 0 unspecified atom stereocenters. The van der Waals surface area contributed by atoms with Gasteiger partial charge in [-0.15, -0.1) is 11.3 Å². The topological polar surface area (TPSA) is 24.9 Å². The average Bonchev–Trinajstić information content (AvgIpc) is 2.44. The predicted molar refractivity (Wildman–Crippen MR) is 51.6 cm³/mol. The quantitative estimate of drug-likeness (QED) is 0.719. The van der Waals surface area contributed by atoms with Gasteiger partial charge in [-0.05, 0) is 13.3 Å². The van der Waals surface area contributed by atoms with Crippen LogP contribution in [-0.4, -0.2) is 11.5 Å². The number of hydrogen-bond donors (Lipinski definition) is 1. The largest absolute Gasteiger partial charge is 0.309 e. The monoisotopic (exact) mass is 182 g/mol. The summed E-state index contributed by atoms with van der Waals surface area (Å²) in [5, 5.41) is 4.72. The first kappa shape index (κ1) is 8.20. The molecular formula is C9H14N2S. The maximum Gasteiger partial charge on any atom is 0.0900 e. The number of aryl methyl sites for hydroxylation is 1. The molecule has 3 heteroatoms. The van der Waals surface area contributed by atoms with E-state index in [0.29, 0.717) is 6.04 Å². The van der Waals surface area contributed by atoms with Crippen LogP contribution in [0.2, 0.25) is 0 Å². The third-order valence-electron chi connectivity index (χ3n) is 2.31. The fourth-order valence-corrected chi connectivity index (χ4v) is 2.86. The Morgan fingerprint density at radius 2 is 2.50 bits per heavy atom. The smallest absolute Gasteiger partial charge is 0.0900 e. The van der Waals surface area contributed by atoms with E-state index in [1.807, 2.05) is 11.3 Å². The van der Waals surface area contributed by atoms with Crippen molar-refractivity contribution in [3.63, 3.8) is 0 Å². The van der Waals surface area contributed by atoms with Crippen molar-refractivity contribution >= 4 is 11.3 Å². The van der Waals surface area contributed by atoms with E-state index < -0.39 is 0 Å². The number of thiazole rings is 1. The van der Waals surface area contributed by atoms with Crippen molar-refractivity contribution in [2.24, 2.45) is 0 Å². The summed E-state index contributed by atoms with van der Waals surface area (Å²) < 4.78 is 0. The highest BCUT2D eigenvalue weighted by molar-refractivity contribution is 7.11. The normalized spacial score (nSPS) is 22.3. The lowest BCUT2D eigenvalue weighted by atomic mass is 10.1. The standard InChI is InChI=1S/C9H14N2S/c1-3-7-9-8(4-5-10-7)11-6(2)12-9/h7,10H,3-5H2,1-2H3/t7-/m0/s1. The molecule has 1 aromatic rings. The van der Waals surface area contributed by atoms with Crippen molar-refractivity contribution in [1.82, 2.24) is 10.3 Å². The van der Waals surface area contributed by atoms with Gasteiger partial charge in [-0.1, -0.05) is 6.92 Å². The molecule has 0 amide bonds. The Labute approximate surface area is 77.0 Å². The molecule has 2 rings (SSSR count). The van der Waals surface area contributed by atoms with Crippen molar-refractivity contribution in [2.45, 2.75) is 32.7 Å². The van der Waals surface area contributed by atoms with Crippen LogP contribution in [-0.2, 0) is 6.42 Å². The lowest BCUT2D eigenvalue weighted by Gasteiger charge is -2.21. The first-order valence-corrected chi connectivity index (χ1v) is 5.32. The zero-order valence-corrected chi connectivity index (χ0v) is 8.37. The van der Waals surface area contributed by atoms with Gasteiger partial charge in [0.15, 0.2) is 0 Å². The summed E-state index contributed by atoms with van der Waals surface area (Å²) in [6.07, 6.45) is 2.28. The average molecular weight is 182 g/mol. The molecule has 0 aromatic carbocycles. The molecule has 66 valence electrons. The lowest BCUT2D eigenvalue weighted by molar-refractivity contribution is 0.497. The number of nitrogens with zero attached hydrogens (tertiary/aromatic N) is 1. The summed E-state index contributed by atoms with van der Waals surface area (Å²) in [5.41, 5.74) is 1.34. The minimum Gasteiger partial charge on any atom is -0.309 e. The molecule has 0 radical (unpaired) electrons. The van der Waals surface area contributed by atoms with E-state index in [1.165, 1.54) is 22.0 Å². The van der Waals surface area contributed by atoms with E-state index in [4.69, 9.17) is 0 Å². The third-order valence-corrected chi connectivity index (χ3v) is 3.44. The Kier molecular flexibility index (Phi) is 2.15. The Morgan fingerprint density at radius 1 is 1.67 bits per heavy atom. The number of nitrogens with one attached hydrogen (secondary N) is 1. The van der Waals surface area contributed by atoms with Crippen molar-refractivity contribution in [3.05, 3.63) is 15.6 Å². The summed E-state index contributed by atoms with van der Waals surface area (Å²) in [5.74, 6) is 0. The molecule has 1 N–H and O–H groups in total. The minimum atomic E-state index is 0.569. The highest BCUT2D eigenvalue weighted by Gasteiger charge is 2.21. The van der Waals surface area contributed by atoms with Gasteiger partial charge in [-0.25, -0.2) is 4.98 Å². The molecule has 12 heavy (non-hydrogen) atoms. The Hall–Kier alpha value is -0.410. The highest BCUT2D eigenvalue weighted by Crippen LogP contribution is 2.30. The molecule has 0 saturated carbocycles. The van der Waals surface area contributed by atoms with E-state index >= 15 is 0 Å². The second kappa shape index (κ2) is 3.15. The van der Waals surface area contributed by atoms with Gasteiger partial charge in [-0.3, -0.25) is 0 Å². The van der Waals surface area contributed by atoms with Crippen LogP contribution in [0.25, 0.3) is 0 Å². The molecule has 2 nitrogen and oxygen atoms in total. The van der Waals surface area contributed by atoms with E-state index in [1.54, 1.807) is 0 Å². The van der Waals surface area contributed by atoms with E-state index in [9.17, 15) is 0 Å². The molecule has 1 aliphatic rings. The van der Waals surface area contributed by atoms with Crippen molar-refractivity contribution in [2.75, 3.05) is 6.54 Å². The van der Waals surface area contributed by atoms with Crippen LogP contribution in [0.5, 0.6) is 0 Å². The first-order chi connectivity index (χ1) is 5.81. The first-order valence-electron chi connectivity index (χ1n) is 4.51. The maximum atomic E-state index is 4.53. The van der Waals surface area contributed by atoms with Crippen LogP contribution in [0.1, 0.15) is 35.0 Å². The third kappa shape index (κ3) is 1.27. The van der Waals surface area contributed by atoms with Crippen LogP contribution in [0.4, 0.5) is 0 Å². The van der Waals surface area contributed by atoms with Gasteiger partial charge in [-0.2, -0.15) is 0 Å². The van der Waals surface area contributed by atoms with Crippen LogP contribution in [0.3, 0.4) is 0 Å². The highest BCUT2D eigenvalue weighted by atomic mass is 32.1. The van der Waals surface area contributed by atoms with Crippen LogP contribution in [0.15, 0.2) is 0 Å². The molecule has 2 heterocycles. The summed E-state index contributed by atoms with van der Waals surface area (Å²) in [7, 11) is 0. The fourth-order valence-electron chi connectivity index (χ4n) is 1.72. The van der Waals surface area contributed by atoms with Gasteiger partial charge in [0.1, 0.15) is 0 Å². The predicted octanol–water partition coefficient (Wildman–Crippen LogP) is 2.05. The summed E-state index contributed by atoms with van der Waals surface area (Å²) in [4.78, 5) is 6.00. The molecule has 0 aliphatic carbocycles. The van der Waals surface area contributed by atoms with Gasteiger partial charge in [0.25, 0.3) is 0 Å². The lowest BCUT2D eigenvalue weighted by Crippen LogP contribution is -2.28. The SMILES string of the molecule is CC[C@@H]1NCCc2nc(C)sc21. The maximum absolute atomic E-state index is 4.53. The van der Waals surface area contributed by atoms with Gasteiger partial charge < -0.3 is 5.32 Å². The molecule has 0 saturated heterocycles. The van der Waals surface area contributed by atoms with Gasteiger partial charge in [0.2, 0.25) is 0 Å². The molecule has 1 aliphatic heterocycles. The van der Waals surface area contributed by atoms with Crippen LogP contribution < -0.4 is 5.32 Å². The minimum absolute atomic E-state index is 0.569. The fraction of sp³-hybridized carbons (Fsp3) is 0.667. The molecular weight excluding hydrogens is 168 g/mol. The number of fused-ring (bicyclic) bond motifs is 1. The summed E-state index contributed by atoms with van der Waals surface area (Å²) in [6, 6.07) is 0.569. The molecule has 0 fully saturated rings. The number of aromatic nitrogens is 1. The Bertz CT molecular complexity index is 280. The van der Waals surface area contributed by atoms with Crippen molar-refractivity contribution < 1.29 is 0 Å². The zero-order chi connectivity index (χ0) is 8.55. The van der Waals surface area contributed by atoms with E-state index in [-0.39, 0.29) is 0 Å². The van der Waals surface area contributed by atoms with Gasteiger partial charge in [0, 0.05) is 23.9 Å². The Morgan fingerprint density at radius 3 is 3.25 bits per heavy atom. The summed E-state index contributed by atoms with van der Waals surface area (Å²) in [6.45, 7) is 5.41. The molecule has 0 bridgehead atoms. The van der Waals surface area contributed by atoms with Crippen molar-refractivity contribution in [3.8, 4) is 0 Å². The summed E-state index contributed by atoms with van der Waals surface area (Å²) >= 11 is 1.85. The second-order valence-electron chi connectivity index (χ2n) is 3.21. The molecule has 1 atom stereocenters. The van der Waals surface area contributed by atoms with Crippen molar-refractivity contribution in [1.29, 1.82) is 0 Å². The van der Waals surface area contributed by atoms with E-state index in [2.05, 4.69) is 24.1 Å². The van der Waals surface area contributed by atoms with Crippen LogP contribution >= 0.6 is 11.3 Å². The Balaban J connectivity index is 2.36. The van der Waals surface area contributed by atoms with Gasteiger partial charge >= 0.3 is 0 Å². The van der Waals surface area contributed by atoms with Crippen LogP contribution in [0, 0.1) is 6.92 Å². The zero-order valence-electron chi connectivity index (χ0n) is 7.55. The van der Waals surface area contributed by atoms with E-state index in [0.717, 1.165) is 13.0 Å². The molecule has 1 aromatic heterocycles. The number of rotatable bonds is 1. The molecule has 0 spiro atoms.